The van der Waals surface area contributed by atoms with E-state index < -0.39 is 15.8 Å². The third kappa shape index (κ3) is 3.52. The first-order chi connectivity index (χ1) is 12.9. The van der Waals surface area contributed by atoms with Crippen molar-refractivity contribution in [3.05, 3.63) is 53.9 Å². The second-order valence-electron chi connectivity index (χ2n) is 6.52. The lowest BCUT2D eigenvalue weighted by Crippen LogP contribution is -2.39. The van der Waals surface area contributed by atoms with E-state index in [-0.39, 0.29) is 17.4 Å². The van der Waals surface area contributed by atoms with Gasteiger partial charge in [-0.15, -0.1) is 0 Å². The number of aryl methyl sites for hydroxylation is 1. The number of piperidine rings is 1. The molecule has 27 heavy (non-hydrogen) atoms. The Labute approximate surface area is 155 Å². The number of sulfonamides is 1. The van der Waals surface area contributed by atoms with Crippen LogP contribution < -0.4 is 0 Å². The second kappa shape index (κ2) is 6.90. The van der Waals surface area contributed by atoms with E-state index in [1.165, 1.54) is 16.4 Å². The molecule has 1 unspecified atom stereocenters. The van der Waals surface area contributed by atoms with Crippen molar-refractivity contribution in [1.29, 1.82) is 0 Å². The standard InChI is InChI=1S/C18H18FN3O4S/c1-12-4-9-16(25-12)17-20-18(26-21-17)13-3-2-10-22(11-13)27(23,24)15-7-5-14(19)6-8-15/h4-9,13H,2-3,10-11H2,1H3. The van der Waals surface area contributed by atoms with Crippen LogP contribution in [0.4, 0.5) is 4.39 Å². The van der Waals surface area contributed by atoms with Crippen LogP contribution in [-0.4, -0.2) is 36.0 Å². The largest absolute Gasteiger partial charge is 0.458 e. The topological polar surface area (TPSA) is 89.4 Å². The van der Waals surface area contributed by atoms with Gasteiger partial charge in [0, 0.05) is 13.1 Å². The van der Waals surface area contributed by atoms with Crippen LogP contribution in [0.15, 0.2) is 50.2 Å². The molecule has 0 spiro atoms. The van der Waals surface area contributed by atoms with Crippen LogP contribution in [0.25, 0.3) is 11.6 Å². The number of furan rings is 1. The van der Waals surface area contributed by atoms with E-state index in [4.69, 9.17) is 8.94 Å². The predicted molar refractivity (Wildman–Crippen MR) is 93.9 cm³/mol. The summed E-state index contributed by atoms with van der Waals surface area (Å²) in [6, 6.07) is 8.41. The smallest absolute Gasteiger partial charge is 0.243 e. The van der Waals surface area contributed by atoms with Crippen LogP contribution in [0.5, 0.6) is 0 Å². The van der Waals surface area contributed by atoms with Gasteiger partial charge in [0.1, 0.15) is 11.6 Å². The fourth-order valence-corrected chi connectivity index (χ4v) is 4.70. The van der Waals surface area contributed by atoms with Crippen LogP contribution in [0.2, 0.25) is 0 Å². The number of hydrogen-bond donors (Lipinski definition) is 0. The zero-order valence-electron chi connectivity index (χ0n) is 14.6. The number of halogens is 1. The molecule has 0 aliphatic carbocycles. The molecule has 1 aliphatic heterocycles. The lowest BCUT2D eigenvalue weighted by Gasteiger charge is -2.30. The van der Waals surface area contributed by atoms with E-state index in [0.29, 0.717) is 30.4 Å². The summed E-state index contributed by atoms with van der Waals surface area (Å²) >= 11 is 0. The molecule has 4 rings (SSSR count). The van der Waals surface area contributed by atoms with Crippen LogP contribution in [0.1, 0.15) is 30.4 Å². The minimum Gasteiger partial charge on any atom is -0.458 e. The molecule has 1 atom stereocenters. The van der Waals surface area contributed by atoms with Gasteiger partial charge in [0.2, 0.25) is 21.7 Å². The Hall–Kier alpha value is -2.52. The maximum atomic E-state index is 13.1. The summed E-state index contributed by atoms with van der Waals surface area (Å²) in [4.78, 5) is 4.45. The summed E-state index contributed by atoms with van der Waals surface area (Å²) in [6.45, 7) is 2.46. The van der Waals surface area contributed by atoms with Crippen LogP contribution in [-0.2, 0) is 10.0 Å². The maximum Gasteiger partial charge on any atom is 0.243 e. The Morgan fingerprint density at radius 3 is 2.67 bits per heavy atom. The summed E-state index contributed by atoms with van der Waals surface area (Å²) in [5, 5.41) is 3.94. The number of rotatable bonds is 4. The molecule has 1 fully saturated rings. The fourth-order valence-electron chi connectivity index (χ4n) is 3.17. The molecule has 0 bridgehead atoms. The van der Waals surface area contributed by atoms with Gasteiger partial charge in [0.25, 0.3) is 0 Å². The molecular formula is C18H18FN3O4S. The maximum absolute atomic E-state index is 13.1. The highest BCUT2D eigenvalue weighted by Gasteiger charge is 2.33. The molecule has 0 radical (unpaired) electrons. The van der Waals surface area contributed by atoms with Crippen molar-refractivity contribution < 1.29 is 21.7 Å². The number of nitrogens with zero attached hydrogens (tertiary/aromatic N) is 3. The Balaban J connectivity index is 1.54. The van der Waals surface area contributed by atoms with Crippen molar-refractivity contribution in [3.8, 4) is 11.6 Å². The number of aromatic nitrogens is 2. The third-order valence-corrected chi connectivity index (χ3v) is 6.47. The average molecular weight is 391 g/mol. The van der Waals surface area contributed by atoms with Crippen molar-refractivity contribution in [2.24, 2.45) is 0 Å². The highest BCUT2D eigenvalue weighted by Crippen LogP contribution is 2.31. The Morgan fingerprint density at radius 2 is 1.96 bits per heavy atom. The molecule has 142 valence electrons. The zero-order chi connectivity index (χ0) is 19.0. The number of benzene rings is 1. The molecule has 1 aromatic carbocycles. The molecule has 7 nitrogen and oxygen atoms in total. The van der Waals surface area contributed by atoms with Gasteiger partial charge in [-0.3, -0.25) is 0 Å². The van der Waals surface area contributed by atoms with E-state index in [1.807, 2.05) is 13.0 Å². The van der Waals surface area contributed by atoms with Crippen LogP contribution in [0, 0.1) is 12.7 Å². The monoisotopic (exact) mass is 391 g/mol. The predicted octanol–water partition coefficient (Wildman–Crippen LogP) is 3.35. The van der Waals surface area contributed by atoms with E-state index in [0.717, 1.165) is 24.3 Å². The lowest BCUT2D eigenvalue weighted by atomic mass is 10.00. The molecule has 0 saturated carbocycles. The van der Waals surface area contributed by atoms with E-state index in [9.17, 15) is 12.8 Å². The summed E-state index contributed by atoms with van der Waals surface area (Å²) in [6.07, 6.45) is 1.41. The van der Waals surface area contributed by atoms with Crippen molar-refractivity contribution >= 4 is 10.0 Å². The molecule has 2 aromatic heterocycles. The van der Waals surface area contributed by atoms with Crippen LogP contribution >= 0.6 is 0 Å². The molecule has 3 heterocycles. The summed E-state index contributed by atoms with van der Waals surface area (Å²) in [7, 11) is -3.70. The summed E-state index contributed by atoms with van der Waals surface area (Å²) < 4.78 is 51.0. The highest BCUT2D eigenvalue weighted by molar-refractivity contribution is 7.89. The number of hydrogen-bond acceptors (Lipinski definition) is 6. The Morgan fingerprint density at radius 1 is 1.19 bits per heavy atom. The molecular weight excluding hydrogens is 373 g/mol. The minimum absolute atomic E-state index is 0.0711. The van der Waals surface area contributed by atoms with Gasteiger partial charge in [-0.1, -0.05) is 5.16 Å². The first-order valence-corrected chi connectivity index (χ1v) is 10.0. The quantitative estimate of drug-likeness (QED) is 0.678. The minimum atomic E-state index is -3.70. The van der Waals surface area contributed by atoms with Gasteiger partial charge < -0.3 is 8.94 Å². The first kappa shape index (κ1) is 17.9. The van der Waals surface area contributed by atoms with E-state index in [2.05, 4.69) is 10.1 Å². The SMILES string of the molecule is Cc1ccc(-c2noc(C3CCCN(S(=O)(=O)c4ccc(F)cc4)C3)n2)o1. The van der Waals surface area contributed by atoms with Gasteiger partial charge in [0.15, 0.2) is 5.76 Å². The highest BCUT2D eigenvalue weighted by atomic mass is 32.2. The van der Waals surface area contributed by atoms with Crippen molar-refractivity contribution in [2.75, 3.05) is 13.1 Å². The van der Waals surface area contributed by atoms with Gasteiger partial charge >= 0.3 is 0 Å². The molecule has 0 N–H and O–H groups in total. The third-order valence-electron chi connectivity index (χ3n) is 4.59. The molecule has 0 amide bonds. The lowest BCUT2D eigenvalue weighted by molar-refractivity contribution is 0.265. The Bertz CT molecular complexity index is 1040. The van der Waals surface area contributed by atoms with Crippen molar-refractivity contribution in [3.63, 3.8) is 0 Å². The van der Waals surface area contributed by atoms with Gasteiger partial charge in [-0.05, 0) is 56.2 Å². The normalized spacial score (nSPS) is 18.7. The summed E-state index contributed by atoms with van der Waals surface area (Å²) in [5.74, 6) is 1.30. The van der Waals surface area contributed by atoms with Crippen LogP contribution in [0.3, 0.4) is 0 Å². The summed E-state index contributed by atoms with van der Waals surface area (Å²) in [5.41, 5.74) is 0. The average Bonchev–Trinajstić information content (AvgIpc) is 3.31. The first-order valence-electron chi connectivity index (χ1n) is 8.59. The molecule has 1 saturated heterocycles. The second-order valence-corrected chi connectivity index (χ2v) is 8.46. The fraction of sp³-hybridized carbons (Fsp3) is 0.333. The van der Waals surface area contributed by atoms with Gasteiger partial charge in [0.05, 0.1) is 10.8 Å². The molecule has 1 aliphatic rings. The van der Waals surface area contributed by atoms with E-state index in [1.54, 1.807) is 6.07 Å². The molecule has 9 heteroatoms. The van der Waals surface area contributed by atoms with Gasteiger partial charge in [-0.2, -0.15) is 9.29 Å². The van der Waals surface area contributed by atoms with E-state index >= 15 is 0 Å². The zero-order valence-corrected chi connectivity index (χ0v) is 15.4. The van der Waals surface area contributed by atoms with Gasteiger partial charge in [-0.25, -0.2) is 12.8 Å². The van der Waals surface area contributed by atoms with Crippen molar-refractivity contribution in [1.82, 2.24) is 14.4 Å². The molecule has 3 aromatic rings. The van der Waals surface area contributed by atoms with Crippen molar-refractivity contribution in [2.45, 2.75) is 30.6 Å². The Kier molecular flexibility index (Phi) is 4.56.